The van der Waals surface area contributed by atoms with Crippen LogP contribution >= 0.6 is 0 Å². The first-order valence-electron chi connectivity index (χ1n) is 8.22. The Hall–Kier alpha value is -2.89. The third-order valence-corrected chi connectivity index (χ3v) is 3.77. The lowest BCUT2D eigenvalue weighted by atomic mass is 10.2. The lowest BCUT2D eigenvalue weighted by Gasteiger charge is -2.16. The van der Waals surface area contributed by atoms with E-state index in [1.807, 2.05) is 0 Å². The fourth-order valence-electron chi connectivity index (χ4n) is 2.29. The molecule has 0 saturated heterocycles. The topological polar surface area (TPSA) is 71.5 Å². The van der Waals surface area contributed by atoms with Crippen molar-refractivity contribution in [3.8, 4) is 0 Å². The zero-order valence-electron chi connectivity index (χ0n) is 14.8. The summed E-state index contributed by atoms with van der Waals surface area (Å²) in [6, 6.07) is 10.4. The van der Waals surface area contributed by atoms with Crippen molar-refractivity contribution < 1.29 is 14.3 Å². The predicted octanol–water partition coefficient (Wildman–Crippen LogP) is 3.48. The van der Waals surface area contributed by atoms with Crippen molar-refractivity contribution in [2.24, 2.45) is 0 Å². The van der Waals surface area contributed by atoms with Gasteiger partial charge in [-0.2, -0.15) is 0 Å². The number of aromatic nitrogens is 1. The maximum Gasteiger partial charge on any atom is 0.337 e. The second kappa shape index (κ2) is 8.82. The van der Waals surface area contributed by atoms with E-state index < -0.39 is 0 Å². The van der Waals surface area contributed by atoms with E-state index in [0.717, 1.165) is 24.2 Å². The Morgan fingerprint density at radius 3 is 2.52 bits per heavy atom. The Morgan fingerprint density at radius 1 is 1.16 bits per heavy atom. The summed E-state index contributed by atoms with van der Waals surface area (Å²) >= 11 is 0. The molecule has 132 valence electrons. The molecule has 0 atom stereocenters. The van der Waals surface area contributed by atoms with E-state index in [0.29, 0.717) is 17.8 Å². The second-order valence-corrected chi connectivity index (χ2v) is 5.70. The molecule has 0 saturated carbocycles. The molecule has 1 N–H and O–H groups in total. The summed E-state index contributed by atoms with van der Waals surface area (Å²) in [5.74, 6) is -0.475. The maximum atomic E-state index is 12.4. The third-order valence-electron chi connectivity index (χ3n) is 3.77. The molecule has 0 aliphatic rings. The van der Waals surface area contributed by atoms with Crippen molar-refractivity contribution in [3.63, 3.8) is 0 Å². The standard InChI is InChI=1S/C19H23N3O3/c1-4-5-12-22(2)18(23)17-13-16(10-11-20-17)21-15-8-6-14(7-9-15)19(24)25-3/h6-11,13H,4-5,12H2,1-3H3,(H,20,21). The van der Waals surface area contributed by atoms with Crippen LogP contribution in [0.5, 0.6) is 0 Å². The molecule has 25 heavy (non-hydrogen) atoms. The SMILES string of the molecule is CCCCN(C)C(=O)c1cc(Nc2ccc(C(=O)OC)cc2)ccn1. The van der Waals surface area contributed by atoms with Crippen molar-refractivity contribution in [2.75, 3.05) is 26.0 Å². The third kappa shape index (κ3) is 5.04. The minimum absolute atomic E-state index is 0.0989. The van der Waals surface area contributed by atoms with Gasteiger partial charge in [0.25, 0.3) is 5.91 Å². The number of amides is 1. The molecule has 1 heterocycles. The Morgan fingerprint density at radius 2 is 1.88 bits per heavy atom. The number of nitrogens with zero attached hydrogens (tertiary/aromatic N) is 2. The summed E-state index contributed by atoms with van der Waals surface area (Å²) in [5.41, 5.74) is 2.44. The highest BCUT2D eigenvalue weighted by Crippen LogP contribution is 2.18. The van der Waals surface area contributed by atoms with E-state index in [1.165, 1.54) is 7.11 Å². The highest BCUT2D eigenvalue weighted by Gasteiger charge is 2.13. The van der Waals surface area contributed by atoms with Crippen LogP contribution in [0.15, 0.2) is 42.6 Å². The summed E-state index contributed by atoms with van der Waals surface area (Å²) in [5, 5.41) is 3.20. The number of carbonyl (C=O) groups excluding carboxylic acids is 2. The average Bonchev–Trinajstić information content (AvgIpc) is 2.65. The Bertz CT molecular complexity index is 729. The maximum absolute atomic E-state index is 12.4. The van der Waals surface area contributed by atoms with Crippen LogP contribution in [0.3, 0.4) is 0 Å². The number of carbonyl (C=O) groups is 2. The molecule has 0 radical (unpaired) electrons. The molecule has 1 aromatic heterocycles. The van der Waals surface area contributed by atoms with Crippen LogP contribution < -0.4 is 5.32 Å². The largest absolute Gasteiger partial charge is 0.465 e. The quantitative estimate of drug-likeness (QED) is 0.781. The molecule has 2 aromatic rings. The zero-order valence-corrected chi connectivity index (χ0v) is 14.8. The van der Waals surface area contributed by atoms with E-state index in [2.05, 4.69) is 22.0 Å². The molecule has 1 aromatic carbocycles. The number of methoxy groups -OCH3 is 1. The Labute approximate surface area is 147 Å². The van der Waals surface area contributed by atoms with E-state index in [-0.39, 0.29) is 11.9 Å². The first-order chi connectivity index (χ1) is 12.0. The van der Waals surface area contributed by atoms with Crippen LogP contribution in [-0.2, 0) is 4.74 Å². The van der Waals surface area contributed by atoms with Crippen molar-refractivity contribution in [2.45, 2.75) is 19.8 Å². The number of pyridine rings is 1. The molecule has 0 aliphatic carbocycles. The predicted molar refractivity (Wildman–Crippen MR) is 97.2 cm³/mol. The number of hydrogen-bond donors (Lipinski definition) is 1. The molecule has 0 aliphatic heterocycles. The van der Waals surface area contributed by atoms with Crippen molar-refractivity contribution in [1.29, 1.82) is 0 Å². The van der Waals surface area contributed by atoms with E-state index in [4.69, 9.17) is 0 Å². The number of esters is 1. The summed E-state index contributed by atoms with van der Waals surface area (Å²) in [6.07, 6.45) is 3.60. The van der Waals surface area contributed by atoms with Crippen LogP contribution in [0.2, 0.25) is 0 Å². The number of anilines is 2. The van der Waals surface area contributed by atoms with E-state index in [9.17, 15) is 9.59 Å². The first-order valence-corrected chi connectivity index (χ1v) is 8.22. The minimum atomic E-state index is -0.376. The first kappa shape index (κ1) is 18.4. The molecule has 0 fully saturated rings. The highest BCUT2D eigenvalue weighted by atomic mass is 16.5. The number of nitrogens with one attached hydrogen (secondary N) is 1. The van der Waals surface area contributed by atoms with Gasteiger partial charge in [-0.15, -0.1) is 0 Å². The summed E-state index contributed by atoms with van der Waals surface area (Å²) in [6.45, 7) is 2.80. The molecule has 2 rings (SSSR count). The van der Waals surface area contributed by atoms with Crippen LogP contribution in [0.4, 0.5) is 11.4 Å². The molecule has 6 heteroatoms. The number of benzene rings is 1. The fraction of sp³-hybridized carbons (Fsp3) is 0.316. The monoisotopic (exact) mass is 341 g/mol. The molecule has 0 spiro atoms. The molecular weight excluding hydrogens is 318 g/mol. The van der Waals surface area contributed by atoms with Gasteiger partial charge in [0.1, 0.15) is 5.69 Å². The van der Waals surface area contributed by atoms with E-state index >= 15 is 0 Å². The lowest BCUT2D eigenvalue weighted by molar-refractivity contribution is 0.0600. The van der Waals surface area contributed by atoms with E-state index in [1.54, 1.807) is 54.5 Å². The summed E-state index contributed by atoms with van der Waals surface area (Å²) in [7, 11) is 3.13. The van der Waals surface area contributed by atoms with Crippen LogP contribution in [-0.4, -0.2) is 42.5 Å². The van der Waals surface area contributed by atoms with Gasteiger partial charge in [0.05, 0.1) is 12.7 Å². The summed E-state index contributed by atoms with van der Waals surface area (Å²) in [4.78, 5) is 29.7. The minimum Gasteiger partial charge on any atom is -0.465 e. The number of hydrogen-bond acceptors (Lipinski definition) is 5. The molecule has 1 amide bonds. The van der Waals surface area contributed by atoms with Crippen molar-refractivity contribution >= 4 is 23.3 Å². The second-order valence-electron chi connectivity index (χ2n) is 5.70. The van der Waals surface area contributed by atoms with Gasteiger partial charge >= 0.3 is 5.97 Å². The molecular formula is C19H23N3O3. The zero-order chi connectivity index (χ0) is 18.2. The van der Waals surface area contributed by atoms with Gasteiger partial charge in [-0.3, -0.25) is 9.78 Å². The van der Waals surface area contributed by atoms with Gasteiger partial charge in [-0.25, -0.2) is 4.79 Å². The lowest BCUT2D eigenvalue weighted by Crippen LogP contribution is -2.28. The van der Waals surface area contributed by atoms with Gasteiger partial charge < -0.3 is 15.0 Å². The van der Waals surface area contributed by atoms with Gasteiger partial charge in [0, 0.05) is 31.2 Å². The molecule has 0 bridgehead atoms. The number of unbranched alkanes of at least 4 members (excludes halogenated alkanes) is 1. The van der Waals surface area contributed by atoms with Crippen molar-refractivity contribution in [1.82, 2.24) is 9.88 Å². The molecule has 0 unspecified atom stereocenters. The van der Waals surface area contributed by atoms with Gasteiger partial charge in [-0.05, 0) is 42.8 Å². The highest BCUT2D eigenvalue weighted by molar-refractivity contribution is 5.93. The van der Waals surface area contributed by atoms with Crippen LogP contribution in [0, 0.1) is 0 Å². The average molecular weight is 341 g/mol. The Kier molecular flexibility index (Phi) is 6.51. The number of rotatable bonds is 7. The van der Waals surface area contributed by atoms with Gasteiger partial charge in [0.2, 0.25) is 0 Å². The van der Waals surface area contributed by atoms with Gasteiger partial charge in [-0.1, -0.05) is 13.3 Å². The molecule has 6 nitrogen and oxygen atoms in total. The fourth-order valence-corrected chi connectivity index (χ4v) is 2.29. The van der Waals surface area contributed by atoms with Gasteiger partial charge in [0.15, 0.2) is 0 Å². The number of ether oxygens (including phenoxy) is 1. The van der Waals surface area contributed by atoms with Crippen LogP contribution in [0.1, 0.15) is 40.6 Å². The van der Waals surface area contributed by atoms with Crippen molar-refractivity contribution in [3.05, 3.63) is 53.9 Å². The normalized spacial score (nSPS) is 10.2. The Balaban J connectivity index is 2.08. The van der Waals surface area contributed by atoms with Crippen LogP contribution in [0.25, 0.3) is 0 Å². The summed E-state index contributed by atoms with van der Waals surface area (Å²) < 4.78 is 4.68. The smallest absolute Gasteiger partial charge is 0.337 e.